The number of amides is 1. The smallest absolute Gasteiger partial charge is 0.327 e. The van der Waals surface area contributed by atoms with Crippen LogP contribution in [0.1, 0.15) is 19.4 Å². The Morgan fingerprint density at radius 3 is 2.50 bits per heavy atom. The molecule has 2 heterocycles. The van der Waals surface area contributed by atoms with Crippen molar-refractivity contribution in [2.24, 2.45) is 0 Å². The molecule has 8 nitrogen and oxygen atoms in total. The number of carboxylic acid groups (broad SMARTS) is 1. The molecule has 32 heavy (non-hydrogen) atoms. The number of rotatable bonds is 8. The van der Waals surface area contributed by atoms with Gasteiger partial charge in [0.25, 0.3) is 5.91 Å². The molecule has 1 amide bonds. The predicted octanol–water partition coefficient (Wildman–Crippen LogP) is 2.85. The van der Waals surface area contributed by atoms with E-state index < -0.39 is 46.1 Å². The van der Waals surface area contributed by atoms with Crippen LogP contribution < -0.4 is 4.31 Å². The summed E-state index contributed by atoms with van der Waals surface area (Å²) in [6.45, 7) is 3.44. The number of aliphatic hydroxyl groups is 1. The summed E-state index contributed by atoms with van der Waals surface area (Å²) < 4.78 is 25.4. The van der Waals surface area contributed by atoms with Crippen LogP contribution in [0.15, 0.2) is 46.3 Å². The van der Waals surface area contributed by atoms with E-state index >= 15 is 0 Å². The van der Waals surface area contributed by atoms with Crippen LogP contribution in [0, 0.1) is 0 Å². The molecule has 1 aliphatic heterocycles. The maximum absolute atomic E-state index is 13.3. The normalized spacial score (nSPS) is 20.5. The number of aliphatic hydroxyl groups excluding tert-OH is 1. The number of benzene rings is 1. The molecular formula is C20H22BrN2O6S3-. The monoisotopic (exact) mass is 561 g/mol. The van der Waals surface area contributed by atoms with Crippen molar-refractivity contribution in [2.75, 3.05) is 10.2 Å². The third-order valence-corrected chi connectivity index (χ3v) is 9.11. The van der Waals surface area contributed by atoms with Gasteiger partial charge in [-0.05, 0) is 53.9 Å². The van der Waals surface area contributed by atoms with Crippen molar-refractivity contribution in [3.63, 3.8) is 0 Å². The Bertz CT molecular complexity index is 1000. The van der Waals surface area contributed by atoms with Crippen LogP contribution in [0.25, 0.3) is 0 Å². The van der Waals surface area contributed by atoms with E-state index in [1.807, 2.05) is 0 Å². The van der Waals surface area contributed by atoms with Crippen molar-refractivity contribution in [1.29, 1.82) is 0 Å². The molecule has 12 heteroatoms. The van der Waals surface area contributed by atoms with Gasteiger partial charge in [0.2, 0.25) is 0 Å². The largest absolute Gasteiger partial charge is 0.755 e. The molecule has 0 bridgehead atoms. The number of thioether (sulfide) groups is 1. The van der Waals surface area contributed by atoms with Crippen LogP contribution in [0.2, 0.25) is 0 Å². The van der Waals surface area contributed by atoms with Gasteiger partial charge in [-0.25, -0.2) is 4.79 Å². The second kappa shape index (κ2) is 10.2. The first-order valence-electron chi connectivity index (χ1n) is 9.56. The van der Waals surface area contributed by atoms with Crippen LogP contribution >= 0.6 is 39.0 Å². The quantitative estimate of drug-likeness (QED) is 0.475. The van der Waals surface area contributed by atoms with Crippen molar-refractivity contribution in [2.45, 2.75) is 43.2 Å². The zero-order chi connectivity index (χ0) is 23.6. The number of nitrogens with zero attached hydrogens (tertiary/aromatic N) is 2. The van der Waals surface area contributed by atoms with Crippen LogP contribution in [-0.2, 0) is 27.3 Å². The molecule has 174 valence electrons. The lowest BCUT2D eigenvalue weighted by Gasteiger charge is -2.38. The minimum Gasteiger partial charge on any atom is -0.755 e. The highest BCUT2D eigenvalue weighted by Gasteiger charge is 2.50. The molecule has 0 spiro atoms. The van der Waals surface area contributed by atoms with E-state index in [-0.39, 0.29) is 12.3 Å². The number of carboxylic acids is 1. The second-order valence-corrected chi connectivity index (χ2v) is 12.6. The average molecular weight is 563 g/mol. The van der Waals surface area contributed by atoms with E-state index in [9.17, 15) is 28.6 Å². The number of aliphatic carboxylic acids is 1. The lowest BCUT2D eigenvalue weighted by molar-refractivity contribution is -0.153. The fraction of sp³-hybridized carbons (Fsp3) is 0.400. The second-order valence-electron chi connectivity index (χ2n) is 7.75. The third-order valence-electron chi connectivity index (χ3n) is 5.21. The number of carbonyl (C=O) groups excluding carboxylic acids is 1. The van der Waals surface area contributed by atoms with Gasteiger partial charge < -0.3 is 19.7 Å². The number of hydrogen-bond donors (Lipinski definition) is 2. The van der Waals surface area contributed by atoms with E-state index in [2.05, 4.69) is 15.9 Å². The van der Waals surface area contributed by atoms with E-state index in [4.69, 9.17) is 0 Å². The first kappa shape index (κ1) is 25.2. The van der Waals surface area contributed by atoms with Gasteiger partial charge in [-0.1, -0.05) is 30.3 Å². The van der Waals surface area contributed by atoms with Gasteiger partial charge in [-0.2, -0.15) is 0 Å². The SMILES string of the molecule is CC1(C)SCN(C(=O)C(O)C(Cc2ccccc2)N(c2ccc(Br)s2)S(=O)[O-])C1C(=O)O. The standard InChI is InChI=1S/C20H23BrN2O6S3/c1-20(2)17(19(26)27)22(11-30-20)18(25)16(24)13(10-12-6-4-3-5-7-12)23(32(28)29)15-9-8-14(21)31-15/h3-9,13,16-17,24H,10-11H2,1-2H3,(H,26,27)(H,28,29)/p-1. The van der Waals surface area contributed by atoms with Crippen molar-refractivity contribution in [1.82, 2.24) is 4.90 Å². The molecule has 0 aliphatic carbocycles. The van der Waals surface area contributed by atoms with Gasteiger partial charge in [0.05, 0.1) is 15.7 Å². The van der Waals surface area contributed by atoms with E-state index in [1.165, 1.54) is 11.8 Å². The first-order chi connectivity index (χ1) is 15.0. The molecular weight excluding hydrogens is 540 g/mol. The zero-order valence-corrected chi connectivity index (χ0v) is 21.2. The Labute approximate surface area is 205 Å². The van der Waals surface area contributed by atoms with Crippen molar-refractivity contribution in [3.8, 4) is 0 Å². The first-order valence-corrected chi connectivity index (χ1v) is 13.2. The Kier molecular flexibility index (Phi) is 8.05. The maximum atomic E-state index is 13.3. The average Bonchev–Trinajstić information content (AvgIpc) is 3.29. The van der Waals surface area contributed by atoms with Gasteiger partial charge in [0.15, 0.2) is 6.10 Å². The highest BCUT2D eigenvalue weighted by molar-refractivity contribution is 9.11. The highest BCUT2D eigenvalue weighted by atomic mass is 79.9. The fourth-order valence-electron chi connectivity index (χ4n) is 3.67. The van der Waals surface area contributed by atoms with Crippen molar-refractivity contribution in [3.05, 3.63) is 51.8 Å². The topological polar surface area (TPSA) is 121 Å². The molecule has 0 saturated carbocycles. The Hall–Kier alpha value is -1.44. The van der Waals surface area contributed by atoms with Crippen LogP contribution in [0.3, 0.4) is 0 Å². The summed E-state index contributed by atoms with van der Waals surface area (Å²) in [4.78, 5) is 26.3. The summed E-state index contributed by atoms with van der Waals surface area (Å²) >= 11 is 2.95. The Morgan fingerprint density at radius 2 is 1.97 bits per heavy atom. The number of carbonyl (C=O) groups is 2. The molecule has 1 aromatic carbocycles. The summed E-state index contributed by atoms with van der Waals surface area (Å²) in [5.74, 6) is -1.91. The molecule has 2 aromatic rings. The summed E-state index contributed by atoms with van der Waals surface area (Å²) in [6, 6.07) is 9.85. The van der Waals surface area contributed by atoms with Crippen LogP contribution in [0.5, 0.6) is 0 Å². The van der Waals surface area contributed by atoms with Crippen LogP contribution in [0.4, 0.5) is 5.00 Å². The minimum absolute atomic E-state index is 0.0549. The molecule has 0 radical (unpaired) electrons. The predicted molar refractivity (Wildman–Crippen MR) is 128 cm³/mol. The Morgan fingerprint density at radius 1 is 1.31 bits per heavy atom. The van der Waals surface area contributed by atoms with E-state index in [0.29, 0.717) is 8.79 Å². The summed E-state index contributed by atoms with van der Waals surface area (Å²) in [5.41, 5.74) is 0.723. The summed E-state index contributed by atoms with van der Waals surface area (Å²) in [7, 11) is 0. The van der Waals surface area contributed by atoms with Gasteiger partial charge in [-0.15, -0.1) is 23.1 Å². The van der Waals surface area contributed by atoms with Gasteiger partial charge in [0.1, 0.15) is 11.0 Å². The van der Waals surface area contributed by atoms with E-state index in [1.54, 1.807) is 56.3 Å². The molecule has 1 aliphatic rings. The maximum Gasteiger partial charge on any atom is 0.327 e. The molecule has 4 unspecified atom stereocenters. The lowest BCUT2D eigenvalue weighted by atomic mass is 9.98. The number of halogens is 1. The lowest BCUT2D eigenvalue weighted by Crippen LogP contribution is -2.57. The van der Waals surface area contributed by atoms with Gasteiger partial charge in [0, 0.05) is 16.0 Å². The van der Waals surface area contributed by atoms with Gasteiger partial charge in [-0.3, -0.25) is 13.3 Å². The van der Waals surface area contributed by atoms with Gasteiger partial charge >= 0.3 is 5.97 Å². The zero-order valence-electron chi connectivity index (χ0n) is 17.2. The molecule has 1 fully saturated rings. The van der Waals surface area contributed by atoms with Crippen molar-refractivity contribution >= 4 is 67.2 Å². The van der Waals surface area contributed by atoms with E-state index in [0.717, 1.165) is 26.1 Å². The third kappa shape index (κ3) is 5.37. The minimum atomic E-state index is -2.80. The molecule has 4 atom stereocenters. The molecule has 1 aromatic heterocycles. The molecule has 1 saturated heterocycles. The van der Waals surface area contributed by atoms with Crippen LogP contribution in [-0.4, -0.2) is 64.6 Å². The molecule has 3 rings (SSSR count). The number of anilines is 1. The van der Waals surface area contributed by atoms with Crippen molar-refractivity contribution < 1.29 is 28.6 Å². The summed E-state index contributed by atoms with van der Waals surface area (Å²) in [5, 5.41) is 21.2. The number of thiophene rings is 1. The molecule has 2 N–H and O–H groups in total. The summed E-state index contributed by atoms with van der Waals surface area (Å²) in [6.07, 6.45) is -1.72. The fourth-order valence-corrected chi connectivity index (χ4v) is 7.04. The number of hydrogen-bond acceptors (Lipinski definition) is 7. The highest BCUT2D eigenvalue weighted by Crippen LogP contribution is 2.40. The Balaban J connectivity index is 1.99.